The molecular formula is C25H25BrO2S. The van der Waals surface area contributed by atoms with Crippen molar-refractivity contribution < 1.29 is 9.84 Å². The zero-order chi connectivity index (χ0) is 20.6. The van der Waals surface area contributed by atoms with Crippen molar-refractivity contribution in [3.05, 3.63) is 98.4 Å². The van der Waals surface area contributed by atoms with E-state index in [1.807, 2.05) is 24.3 Å². The monoisotopic (exact) mass is 468 g/mol. The number of halogens is 1. The second-order valence-corrected chi connectivity index (χ2v) is 10.2. The smallest absolute Gasteiger partial charge is 0.137 e. The third-order valence-corrected chi connectivity index (χ3v) is 7.86. The minimum atomic E-state index is -0.637. The van der Waals surface area contributed by atoms with Crippen LogP contribution in [0, 0.1) is 19.8 Å². The van der Waals surface area contributed by atoms with E-state index in [2.05, 4.69) is 79.2 Å². The van der Waals surface area contributed by atoms with E-state index in [9.17, 15) is 5.11 Å². The van der Waals surface area contributed by atoms with Gasteiger partial charge in [0.15, 0.2) is 0 Å². The fraction of sp³-hybridized carbons (Fsp3) is 0.280. The molecule has 0 saturated carbocycles. The highest BCUT2D eigenvalue weighted by atomic mass is 79.9. The molecular weight excluding hydrogens is 444 g/mol. The molecule has 2 aromatic carbocycles. The van der Waals surface area contributed by atoms with Crippen LogP contribution in [0.3, 0.4) is 0 Å². The van der Waals surface area contributed by atoms with E-state index < -0.39 is 6.10 Å². The second kappa shape index (κ2) is 8.17. The number of hydrogen-bond donors (Lipinski definition) is 1. The molecule has 1 aliphatic carbocycles. The van der Waals surface area contributed by atoms with E-state index in [0.717, 1.165) is 37.4 Å². The Kier molecular flexibility index (Phi) is 5.78. The van der Waals surface area contributed by atoms with Crippen molar-refractivity contribution >= 4 is 27.7 Å². The summed E-state index contributed by atoms with van der Waals surface area (Å²) < 4.78 is 6.98. The van der Waals surface area contributed by atoms with Gasteiger partial charge in [0.05, 0.1) is 4.47 Å². The largest absolute Gasteiger partial charge is 0.487 e. The number of rotatable bonds is 5. The van der Waals surface area contributed by atoms with Crippen LogP contribution in [0.15, 0.2) is 76.2 Å². The third-order valence-electron chi connectivity index (χ3n) is 5.83. The van der Waals surface area contributed by atoms with Gasteiger partial charge in [-0.2, -0.15) is 0 Å². The standard InChI is InChI=1S/C25H25BrO2S/c1-16-17(2)24(28-15-18-9-5-4-6-10-18)21(26)14-20(16)23(27)22-13-19-11-7-8-12-25(19,3)29-22/h4-14,19,23,27H,15H2,1-3H3. The normalized spacial score (nSPS) is 23.6. The molecule has 2 nitrogen and oxygen atoms in total. The Morgan fingerprint density at radius 3 is 2.66 bits per heavy atom. The molecule has 1 N–H and O–H groups in total. The number of allylic oxidation sites excluding steroid dienone is 4. The number of benzene rings is 2. The molecule has 0 saturated heterocycles. The predicted octanol–water partition coefficient (Wildman–Crippen LogP) is 6.81. The Bertz CT molecular complexity index is 1010. The number of aliphatic hydroxyl groups is 1. The SMILES string of the molecule is Cc1c(C(O)C2=CC3C=CC=CC3(C)S2)cc(Br)c(OCc2ccccc2)c1C. The molecule has 0 bridgehead atoms. The van der Waals surface area contributed by atoms with E-state index in [0.29, 0.717) is 12.5 Å². The van der Waals surface area contributed by atoms with Crippen LogP contribution in [0.1, 0.15) is 35.3 Å². The Balaban J connectivity index is 1.59. The molecule has 3 atom stereocenters. The molecule has 3 unspecified atom stereocenters. The van der Waals surface area contributed by atoms with Gasteiger partial charge in [-0.3, -0.25) is 0 Å². The highest BCUT2D eigenvalue weighted by Gasteiger charge is 2.39. The molecule has 29 heavy (non-hydrogen) atoms. The lowest BCUT2D eigenvalue weighted by atomic mass is 9.88. The molecule has 1 aliphatic heterocycles. The average Bonchev–Trinajstić information content (AvgIpc) is 3.08. The van der Waals surface area contributed by atoms with Gasteiger partial charge in [-0.05, 0) is 65.0 Å². The first-order valence-electron chi connectivity index (χ1n) is 9.80. The minimum absolute atomic E-state index is 0.00994. The van der Waals surface area contributed by atoms with Gasteiger partial charge in [-0.15, -0.1) is 11.8 Å². The molecule has 1 heterocycles. The van der Waals surface area contributed by atoms with Gasteiger partial charge in [0.2, 0.25) is 0 Å². The van der Waals surface area contributed by atoms with Crippen molar-refractivity contribution in [1.82, 2.24) is 0 Å². The summed E-state index contributed by atoms with van der Waals surface area (Å²) >= 11 is 5.43. The predicted molar refractivity (Wildman–Crippen MR) is 125 cm³/mol. The maximum atomic E-state index is 11.2. The van der Waals surface area contributed by atoms with Gasteiger partial charge in [0.25, 0.3) is 0 Å². The number of aliphatic hydroxyl groups excluding tert-OH is 1. The number of fused-ring (bicyclic) bond motifs is 1. The maximum absolute atomic E-state index is 11.2. The molecule has 0 amide bonds. The molecule has 4 rings (SSSR count). The van der Waals surface area contributed by atoms with Crippen molar-refractivity contribution in [1.29, 1.82) is 0 Å². The van der Waals surface area contributed by atoms with Gasteiger partial charge in [0.1, 0.15) is 18.5 Å². The van der Waals surface area contributed by atoms with Crippen molar-refractivity contribution in [2.45, 2.75) is 38.2 Å². The number of ether oxygens (including phenoxy) is 1. The first-order valence-corrected chi connectivity index (χ1v) is 11.4. The summed E-state index contributed by atoms with van der Waals surface area (Å²) in [6, 6.07) is 12.1. The fourth-order valence-corrected chi connectivity index (χ4v) is 5.94. The van der Waals surface area contributed by atoms with Crippen LogP contribution in [0.25, 0.3) is 0 Å². The molecule has 0 aromatic heterocycles. The van der Waals surface area contributed by atoms with Crippen molar-refractivity contribution in [3.63, 3.8) is 0 Å². The molecule has 0 radical (unpaired) electrons. The summed E-state index contributed by atoms with van der Waals surface area (Å²) in [6.07, 6.45) is 10.2. The summed E-state index contributed by atoms with van der Waals surface area (Å²) in [6.45, 7) is 6.86. The van der Waals surface area contributed by atoms with Crippen molar-refractivity contribution in [3.8, 4) is 5.75 Å². The summed E-state index contributed by atoms with van der Waals surface area (Å²) in [5, 5.41) is 11.2. The zero-order valence-corrected chi connectivity index (χ0v) is 19.3. The quantitative estimate of drug-likeness (QED) is 0.522. The van der Waals surface area contributed by atoms with Crippen LogP contribution in [-0.2, 0) is 6.61 Å². The van der Waals surface area contributed by atoms with Gasteiger partial charge in [0, 0.05) is 15.6 Å². The van der Waals surface area contributed by atoms with E-state index in [1.165, 1.54) is 0 Å². The van der Waals surface area contributed by atoms with Gasteiger partial charge >= 0.3 is 0 Å². The molecule has 0 fully saturated rings. The van der Waals surface area contributed by atoms with Crippen LogP contribution < -0.4 is 4.74 Å². The topological polar surface area (TPSA) is 29.5 Å². The van der Waals surface area contributed by atoms with Crippen LogP contribution in [0.5, 0.6) is 5.75 Å². The zero-order valence-electron chi connectivity index (χ0n) is 16.9. The molecule has 2 aliphatic rings. The maximum Gasteiger partial charge on any atom is 0.137 e. The summed E-state index contributed by atoms with van der Waals surface area (Å²) in [5.41, 5.74) is 4.17. The van der Waals surface area contributed by atoms with Crippen molar-refractivity contribution in [2.24, 2.45) is 5.92 Å². The highest BCUT2D eigenvalue weighted by molar-refractivity contribution is 9.10. The summed E-state index contributed by atoms with van der Waals surface area (Å²) in [7, 11) is 0. The van der Waals surface area contributed by atoms with Crippen LogP contribution in [0.4, 0.5) is 0 Å². The van der Waals surface area contributed by atoms with Crippen molar-refractivity contribution in [2.75, 3.05) is 0 Å². The first kappa shape index (κ1) is 20.5. The Hall–Kier alpha value is -1.75. The van der Waals surface area contributed by atoms with E-state index >= 15 is 0 Å². The van der Waals surface area contributed by atoms with E-state index in [4.69, 9.17) is 4.74 Å². The lowest BCUT2D eigenvalue weighted by Gasteiger charge is -2.28. The molecule has 4 heteroatoms. The van der Waals surface area contributed by atoms with Crippen LogP contribution in [0.2, 0.25) is 0 Å². The van der Waals surface area contributed by atoms with E-state index in [1.54, 1.807) is 11.8 Å². The average molecular weight is 469 g/mol. The van der Waals surface area contributed by atoms with Crippen LogP contribution >= 0.6 is 27.7 Å². The summed E-state index contributed by atoms with van der Waals surface area (Å²) in [4.78, 5) is 1.01. The third kappa shape index (κ3) is 3.98. The Labute approximate surface area is 185 Å². The molecule has 0 spiro atoms. The minimum Gasteiger partial charge on any atom is -0.487 e. The van der Waals surface area contributed by atoms with E-state index in [-0.39, 0.29) is 4.75 Å². The number of thioether (sulfide) groups is 1. The second-order valence-electron chi connectivity index (χ2n) is 7.83. The van der Waals surface area contributed by atoms with Gasteiger partial charge in [-0.1, -0.05) is 60.7 Å². The fourth-order valence-electron chi connectivity index (χ4n) is 3.89. The first-order chi connectivity index (χ1) is 13.9. The lowest BCUT2D eigenvalue weighted by Crippen LogP contribution is -2.23. The molecule has 150 valence electrons. The lowest BCUT2D eigenvalue weighted by molar-refractivity contribution is 0.223. The molecule has 2 aromatic rings. The number of hydrogen-bond acceptors (Lipinski definition) is 3. The Morgan fingerprint density at radius 2 is 1.93 bits per heavy atom. The van der Waals surface area contributed by atoms with Crippen LogP contribution in [-0.4, -0.2) is 9.85 Å². The Morgan fingerprint density at radius 1 is 1.17 bits per heavy atom. The van der Waals surface area contributed by atoms with Gasteiger partial charge < -0.3 is 9.84 Å². The van der Waals surface area contributed by atoms with Gasteiger partial charge in [-0.25, -0.2) is 0 Å². The summed E-state index contributed by atoms with van der Waals surface area (Å²) in [5.74, 6) is 1.15. The highest BCUT2D eigenvalue weighted by Crippen LogP contribution is 2.53.